The van der Waals surface area contributed by atoms with Gasteiger partial charge in [-0.3, -0.25) is 0 Å². The average Bonchev–Trinajstić information content (AvgIpc) is 3.41. The van der Waals surface area contributed by atoms with Crippen LogP contribution in [0.15, 0.2) is 69.9 Å². The van der Waals surface area contributed by atoms with Crippen molar-refractivity contribution >= 4 is 23.5 Å². The van der Waals surface area contributed by atoms with Gasteiger partial charge in [-0.1, -0.05) is 0 Å². The van der Waals surface area contributed by atoms with Gasteiger partial charge >= 0.3 is 0 Å². The van der Waals surface area contributed by atoms with Crippen molar-refractivity contribution in [3.8, 4) is 5.75 Å². The number of anilines is 4. The van der Waals surface area contributed by atoms with Crippen LogP contribution in [0, 0.1) is 0 Å². The SMILES string of the molecule is Oc1ccc(Nc2nc(NCc3ccco3)nc(NCc3ccco3)n2)cc1. The van der Waals surface area contributed by atoms with Gasteiger partial charge in [-0.25, -0.2) is 0 Å². The van der Waals surface area contributed by atoms with Crippen LogP contribution >= 0.6 is 0 Å². The van der Waals surface area contributed by atoms with Crippen molar-refractivity contribution < 1.29 is 13.9 Å². The number of nitrogens with one attached hydrogen (secondary N) is 3. The van der Waals surface area contributed by atoms with E-state index in [4.69, 9.17) is 8.83 Å². The number of hydrogen-bond acceptors (Lipinski definition) is 9. The summed E-state index contributed by atoms with van der Waals surface area (Å²) in [7, 11) is 0. The molecule has 28 heavy (non-hydrogen) atoms. The van der Waals surface area contributed by atoms with E-state index < -0.39 is 0 Å². The van der Waals surface area contributed by atoms with Crippen LogP contribution in [0.25, 0.3) is 0 Å². The van der Waals surface area contributed by atoms with Crippen molar-refractivity contribution in [1.29, 1.82) is 0 Å². The van der Waals surface area contributed by atoms with Gasteiger partial charge in [-0.05, 0) is 48.5 Å². The van der Waals surface area contributed by atoms with Crippen LogP contribution < -0.4 is 16.0 Å². The van der Waals surface area contributed by atoms with E-state index >= 15 is 0 Å². The van der Waals surface area contributed by atoms with Crippen LogP contribution in [-0.4, -0.2) is 20.1 Å². The predicted molar refractivity (Wildman–Crippen MR) is 103 cm³/mol. The maximum absolute atomic E-state index is 9.43. The van der Waals surface area contributed by atoms with Gasteiger partial charge in [0.2, 0.25) is 17.8 Å². The molecule has 0 fully saturated rings. The highest BCUT2D eigenvalue weighted by molar-refractivity contribution is 5.56. The Morgan fingerprint density at radius 2 is 1.25 bits per heavy atom. The molecule has 4 rings (SSSR count). The first kappa shape index (κ1) is 17.4. The first-order chi connectivity index (χ1) is 13.7. The van der Waals surface area contributed by atoms with Crippen LogP contribution in [0.4, 0.5) is 23.5 Å². The Morgan fingerprint density at radius 3 is 1.75 bits per heavy atom. The predicted octanol–water partition coefficient (Wildman–Crippen LogP) is 3.73. The highest BCUT2D eigenvalue weighted by Gasteiger charge is 2.08. The van der Waals surface area contributed by atoms with Crippen LogP contribution in [0.5, 0.6) is 5.75 Å². The molecule has 3 heterocycles. The molecule has 0 aliphatic carbocycles. The van der Waals surface area contributed by atoms with E-state index in [-0.39, 0.29) is 5.75 Å². The van der Waals surface area contributed by atoms with Gasteiger partial charge in [0.05, 0.1) is 25.6 Å². The standard InChI is InChI=1S/C19H18N6O3/c26-14-7-5-13(6-8-14)22-19-24-17(20-11-15-3-1-9-27-15)23-18(25-19)21-12-16-4-2-10-28-16/h1-10,26H,11-12H2,(H3,20,21,22,23,24,25). The van der Waals surface area contributed by atoms with Gasteiger partial charge < -0.3 is 29.9 Å². The molecule has 0 amide bonds. The Hall–Kier alpha value is -4.01. The summed E-state index contributed by atoms with van der Waals surface area (Å²) in [5.74, 6) is 2.83. The lowest BCUT2D eigenvalue weighted by molar-refractivity contribution is 0.475. The van der Waals surface area contributed by atoms with Crippen molar-refractivity contribution in [3.63, 3.8) is 0 Å². The first-order valence-electron chi connectivity index (χ1n) is 8.59. The molecule has 0 atom stereocenters. The molecule has 0 spiro atoms. The summed E-state index contributed by atoms with van der Waals surface area (Å²) >= 11 is 0. The van der Waals surface area contributed by atoms with E-state index in [2.05, 4.69) is 30.9 Å². The molecule has 0 saturated heterocycles. The first-order valence-corrected chi connectivity index (χ1v) is 8.59. The number of hydrogen-bond donors (Lipinski definition) is 4. The van der Waals surface area contributed by atoms with Crippen LogP contribution in [0.2, 0.25) is 0 Å². The molecule has 0 unspecified atom stereocenters. The number of aromatic nitrogens is 3. The fourth-order valence-electron chi connectivity index (χ4n) is 2.42. The molecular weight excluding hydrogens is 360 g/mol. The van der Waals surface area contributed by atoms with E-state index in [0.717, 1.165) is 17.2 Å². The molecule has 0 radical (unpaired) electrons. The number of nitrogens with zero attached hydrogens (tertiary/aromatic N) is 3. The third kappa shape index (κ3) is 4.58. The fourth-order valence-corrected chi connectivity index (χ4v) is 2.42. The van der Waals surface area contributed by atoms with Gasteiger partial charge in [-0.15, -0.1) is 0 Å². The van der Waals surface area contributed by atoms with E-state index in [1.54, 1.807) is 36.8 Å². The van der Waals surface area contributed by atoms with Crippen LogP contribution in [0.1, 0.15) is 11.5 Å². The van der Waals surface area contributed by atoms with Crippen molar-refractivity contribution in [2.75, 3.05) is 16.0 Å². The van der Waals surface area contributed by atoms with E-state index in [1.807, 2.05) is 24.3 Å². The molecule has 0 saturated carbocycles. The minimum Gasteiger partial charge on any atom is -0.508 e. The number of aromatic hydroxyl groups is 1. The van der Waals surface area contributed by atoms with Gasteiger partial charge in [0.15, 0.2) is 0 Å². The molecule has 142 valence electrons. The lowest BCUT2D eigenvalue weighted by atomic mass is 10.3. The van der Waals surface area contributed by atoms with Gasteiger partial charge in [0, 0.05) is 5.69 Å². The zero-order valence-electron chi connectivity index (χ0n) is 14.8. The minimum absolute atomic E-state index is 0.183. The Morgan fingerprint density at radius 1 is 0.714 bits per heavy atom. The Kier molecular flexibility index (Phi) is 5.05. The molecular formula is C19H18N6O3. The molecule has 9 nitrogen and oxygen atoms in total. The van der Waals surface area contributed by atoms with Crippen molar-refractivity contribution in [3.05, 3.63) is 72.6 Å². The monoisotopic (exact) mass is 378 g/mol. The quantitative estimate of drug-likeness (QED) is 0.340. The number of benzene rings is 1. The van der Waals surface area contributed by atoms with Gasteiger partial charge in [0.25, 0.3) is 0 Å². The molecule has 0 bridgehead atoms. The summed E-state index contributed by atoms with van der Waals surface area (Å²) in [6.45, 7) is 0.876. The van der Waals surface area contributed by atoms with Crippen molar-refractivity contribution in [1.82, 2.24) is 15.0 Å². The number of phenolic OH excluding ortho intramolecular Hbond substituents is 1. The molecule has 1 aromatic carbocycles. The molecule has 4 N–H and O–H groups in total. The lowest BCUT2D eigenvalue weighted by Crippen LogP contribution is -2.11. The Balaban J connectivity index is 1.52. The molecule has 3 aromatic heterocycles. The highest BCUT2D eigenvalue weighted by Crippen LogP contribution is 2.19. The number of furan rings is 2. The average molecular weight is 378 g/mol. The maximum Gasteiger partial charge on any atom is 0.233 e. The summed E-state index contributed by atoms with van der Waals surface area (Å²) in [6.07, 6.45) is 3.22. The summed E-state index contributed by atoms with van der Waals surface area (Å²) in [6, 6.07) is 14.0. The van der Waals surface area contributed by atoms with E-state index in [0.29, 0.717) is 30.9 Å². The zero-order chi connectivity index (χ0) is 19.2. The third-order valence-corrected chi connectivity index (χ3v) is 3.76. The van der Waals surface area contributed by atoms with E-state index in [9.17, 15) is 5.11 Å². The summed E-state index contributed by atoms with van der Waals surface area (Å²) in [5.41, 5.74) is 0.734. The second-order valence-electron chi connectivity index (χ2n) is 5.84. The Bertz CT molecular complexity index is 944. The Labute approximate surface area is 160 Å². The molecule has 0 aliphatic rings. The molecule has 0 aliphatic heterocycles. The minimum atomic E-state index is 0.183. The number of phenols is 1. The second-order valence-corrected chi connectivity index (χ2v) is 5.84. The smallest absolute Gasteiger partial charge is 0.233 e. The number of rotatable bonds is 8. The second kappa shape index (κ2) is 8.12. The van der Waals surface area contributed by atoms with Crippen LogP contribution in [-0.2, 0) is 13.1 Å². The van der Waals surface area contributed by atoms with E-state index in [1.165, 1.54) is 0 Å². The maximum atomic E-state index is 9.43. The lowest BCUT2D eigenvalue weighted by Gasteiger charge is -2.10. The highest BCUT2D eigenvalue weighted by atomic mass is 16.3. The molecule has 4 aromatic rings. The normalized spacial score (nSPS) is 10.6. The van der Waals surface area contributed by atoms with Gasteiger partial charge in [0.1, 0.15) is 17.3 Å². The third-order valence-electron chi connectivity index (χ3n) is 3.76. The van der Waals surface area contributed by atoms with Crippen molar-refractivity contribution in [2.24, 2.45) is 0 Å². The topological polar surface area (TPSA) is 121 Å². The fraction of sp³-hybridized carbons (Fsp3) is 0.105. The largest absolute Gasteiger partial charge is 0.508 e. The summed E-state index contributed by atoms with van der Waals surface area (Å²) < 4.78 is 10.6. The molecule has 9 heteroatoms. The van der Waals surface area contributed by atoms with Crippen molar-refractivity contribution in [2.45, 2.75) is 13.1 Å². The van der Waals surface area contributed by atoms with Crippen LogP contribution in [0.3, 0.4) is 0 Å². The summed E-state index contributed by atoms with van der Waals surface area (Å²) in [4.78, 5) is 13.1. The zero-order valence-corrected chi connectivity index (χ0v) is 14.8. The van der Waals surface area contributed by atoms with Gasteiger partial charge in [-0.2, -0.15) is 15.0 Å². The summed E-state index contributed by atoms with van der Waals surface area (Å²) in [5, 5.41) is 18.8.